The molecule has 2 aromatic carbocycles. The Morgan fingerprint density at radius 3 is 2.45 bits per heavy atom. The second-order valence-corrected chi connectivity index (χ2v) is 5.65. The van der Waals surface area contributed by atoms with E-state index in [0.717, 1.165) is 21.8 Å². The van der Waals surface area contributed by atoms with Crippen LogP contribution in [-0.2, 0) is 6.54 Å². The highest BCUT2D eigenvalue weighted by atomic mass is 35.5. The van der Waals surface area contributed by atoms with Crippen LogP contribution in [-0.4, -0.2) is 7.11 Å². The summed E-state index contributed by atoms with van der Waals surface area (Å²) < 4.78 is 5.31. The molecule has 2 nitrogen and oxygen atoms in total. The lowest BCUT2D eigenvalue weighted by Gasteiger charge is -2.13. The van der Waals surface area contributed by atoms with Crippen LogP contribution < -0.4 is 10.1 Å². The lowest BCUT2D eigenvalue weighted by Crippen LogP contribution is -2.02. The molecule has 0 aromatic heterocycles. The number of methoxy groups -OCH3 is 1. The van der Waals surface area contributed by atoms with Gasteiger partial charge in [0.1, 0.15) is 5.75 Å². The van der Waals surface area contributed by atoms with E-state index in [2.05, 4.69) is 5.32 Å². The summed E-state index contributed by atoms with van der Waals surface area (Å²) in [5.41, 5.74) is 2.86. The van der Waals surface area contributed by atoms with Gasteiger partial charge in [0.25, 0.3) is 0 Å². The van der Waals surface area contributed by atoms with E-state index in [1.54, 1.807) is 13.2 Å². The third-order valence-corrected chi connectivity index (χ3v) is 3.85. The molecule has 0 saturated heterocycles. The highest BCUT2D eigenvalue weighted by molar-refractivity contribution is 6.35. The minimum Gasteiger partial charge on any atom is -0.495 e. The van der Waals surface area contributed by atoms with Crippen LogP contribution in [0.15, 0.2) is 30.3 Å². The van der Waals surface area contributed by atoms with Crippen molar-refractivity contribution in [1.82, 2.24) is 0 Å². The van der Waals surface area contributed by atoms with Gasteiger partial charge in [-0.3, -0.25) is 0 Å². The molecule has 2 rings (SSSR count). The van der Waals surface area contributed by atoms with Crippen LogP contribution >= 0.6 is 34.8 Å². The highest BCUT2D eigenvalue weighted by Gasteiger charge is 2.09. The zero-order chi connectivity index (χ0) is 14.7. The fourth-order valence-electron chi connectivity index (χ4n) is 1.87. The molecule has 0 unspecified atom stereocenters. The average Bonchev–Trinajstić information content (AvgIpc) is 2.39. The van der Waals surface area contributed by atoms with Crippen LogP contribution in [0.5, 0.6) is 5.75 Å². The van der Waals surface area contributed by atoms with E-state index >= 15 is 0 Å². The first-order valence-corrected chi connectivity index (χ1v) is 7.16. The van der Waals surface area contributed by atoms with Crippen LogP contribution in [0.3, 0.4) is 0 Å². The van der Waals surface area contributed by atoms with Crippen molar-refractivity contribution < 1.29 is 4.74 Å². The van der Waals surface area contributed by atoms with Gasteiger partial charge in [0, 0.05) is 27.8 Å². The Bertz CT molecular complexity index is 629. The molecule has 0 atom stereocenters. The molecule has 5 heteroatoms. The summed E-state index contributed by atoms with van der Waals surface area (Å²) >= 11 is 18.2. The second kappa shape index (κ2) is 6.57. The number of ether oxygens (including phenoxy) is 1. The number of benzene rings is 2. The van der Waals surface area contributed by atoms with Crippen molar-refractivity contribution in [3.8, 4) is 5.75 Å². The van der Waals surface area contributed by atoms with Crippen molar-refractivity contribution in [2.75, 3.05) is 12.4 Å². The average molecular weight is 331 g/mol. The predicted molar refractivity (Wildman–Crippen MR) is 86.5 cm³/mol. The largest absolute Gasteiger partial charge is 0.495 e. The molecule has 0 fully saturated rings. The molecule has 2 aromatic rings. The zero-order valence-corrected chi connectivity index (χ0v) is 13.4. The van der Waals surface area contributed by atoms with E-state index in [4.69, 9.17) is 39.5 Å². The molecule has 0 amide bonds. The van der Waals surface area contributed by atoms with Gasteiger partial charge in [-0.15, -0.1) is 0 Å². The number of hydrogen-bond acceptors (Lipinski definition) is 2. The number of aryl methyl sites for hydroxylation is 1. The normalized spacial score (nSPS) is 10.4. The van der Waals surface area contributed by atoms with E-state index in [9.17, 15) is 0 Å². The third-order valence-electron chi connectivity index (χ3n) is 2.94. The Hall–Kier alpha value is -1.09. The maximum absolute atomic E-state index is 6.10. The Morgan fingerprint density at radius 2 is 1.80 bits per heavy atom. The quantitative estimate of drug-likeness (QED) is 0.790. The third kappa shape index (κ3) is 3.51. The van der Waals surface area contributed by atoms with Gasteiger partial charge >= 0.3 is 0 Å². The van der Waals surface area contributed by atoms with Crippen LogP contribution in [0, 0.1) is 6.92 Å². The lowest BCUT2D eigenvalue weighted by atomic mass is 10.2. The number of halogens is 3. The van der Waals surface area contributed by atoms with Gasteiger partial charge in [0.2, 0.25) is 0 Å². The summed E-state index contributed by atoms with van der Waals surface area (Å²) in [5.74, 6) is 0.627. The number of nitrogens with one attached hydrogen (secondary N) is 1. The molecule has 20 heavy (non-hydrogen) atoms. The Labute approximate surface area is 133 Å². The van der Waals surface area contributed by atoms with Gasteiger partial charge in [0.05, 0.1) is 12.1 Å². The summed E-state index contributed by atoms with van der Waals surface area (Å²) in [6.07, 6.45) is 0. The van der Waals surface area contributed by atoms with Crippen molar-refractivity contribution in [1.29, 1.82) is 0 Å². The highest BCUT2D eigenvalue weighted by Crippen LogP contribution is 2.32. The van der Waals surface area contributed by atoms with E-state index in [-0.39, 0.29) is 0 Å². The van der Waals surface area contributed by atoms with Crippen LogP contribution in [0.1, 0.15) is 11.1 Å². The van der Waals surface area contributed by atoms with Gasteiger partial charge in [0.15, 0.2) is 0 Å². The molecule has 0 saturated carbocycles. The Balaban J connectivity index is 2.20. The minimum atomic E-state index is 0.499. The summed E-state index contributed by atoms with van der Waals surface area (Å²) in [5, 5.41) is 5.08. The first-order valence-electron chi connectivity index (χ1n) is 6.03. The topological polar surface area (TPSA) is 21.3 Å². The van der Waals surface area contributed by atoms with Gasteiger partial charge in [-0.2, -0.15) is 0 Å². The maximum atomic E-state index is 6.10. The monoisotopic (exact) mass is 329 g/mol. The Kier molecular flexibility index (Phi) is 5.03. The van der Waals surface area contributed by atoms with Crippen molar-refractivity contribution in [3.05, 3.63) is 56.5 Å². The van der Waals surface area contributed by atoms with Crippen molar-refractivity contribution in [2.45, 2.75) is 13.5 Å². The fourth-order valence-corrected chi connectivity index (χ4v) is 2.67. The molecule has 0 aliphatic carbocycles. The van der Waals surface area contributed by atoms with E-state index in [0.29, 0.717) is 22.3 Å². The number of anilines is 1. The summed E-state index contributed by atoms with van der Waals surface area (Å²) in [6, 6.07) is 9.31. The van der Waals surface area contributed by atoms with Crippen molar-refractivity contribution >= 4 is 40.5 Å². The molecule has 0 bridgehead atoms. The molecule has 0 radical (unpaired) electrons. The molecule has 106 valence electrons. The van der Waals surface area contributed by atoms with Crippen LogP contribution in [0.2, 0.25) is 15.1 Å². The van der Waals surface area contributed by atoms with Crippen molar-refractivity contribution in [3.63, 3.8) is 0 Å². The summed E-state index contributed by atoms with van der Waals surface area (Å²) in [6.45, 7) is 2.51. The first kappa shape index (κ1) is 15.3. The van der Waals surface area contributed by atoms with E-state index in [1.165, 1.54) is 0 Å². The van der Waals surface area contributed by atoms with Crippen molar-refractivity contribution in [2.24, 2.45) is 0 Å². The van der Waals surface area contributed by atoms with Gasteiger partial charge < -0.3 is 10.1 Å². The van der Waals surface area contributed by atoms with Gasteiger partial charge in [-0.1, -0.05) is 40.9 Å². The predicted octanol–water partition coefficient (Wildman–Crippen LogP) is 5.58. The molecule has 0 aliphatic heterocycles. The molecule has 0 spiro atoms. The molecular formula is C15H14Cl3NO. The summed E-state index contributed by atoms with van der Waals surface area (Å²) in [4.78, 5) is 0. The summed E-state index contributed by atoms with van der Waals surface area (Å²) in [7, 11) is 1.58. The maximum Gasteiger partial charge on any atom is 0.142 e. The standard InChI is InChI=1S/C15H14Cl3NO/c1-9-3-4-12(7-13(9)17)19-8-10-5-11(16)6-14(18)15(10)20-2/h3-7,19H,8H2,1-2H3. The van der Waals surface area contributed by atoms with Crippen LogP contribution in [0.25, 0.3) is 0 Å². The SMILES string of the molecule is COc1c(Cl)cc(Cl)cc1CNc1ccc(C)c(Cl)c1. The molecule has 0 heterocycles. The number of hydrogen-bond donors (Lipinski definition) is 1. The second-order valence-electron chi connectivity index (χ2n) is 4.40. The Morgan fingerprint density at radius 1 is 1.05 bits per heavy atom. The first-order chi connectivity index (χ1) is 9.51. The minimum absolute atomic E-state index is 0.499. The lowest BCUT2D eigenvalue weighted by molar-refractivity contribution is 0.410. The fraction of sp³-hybridized carbons (Fsp3) is 0.200. The van der Waals surface area contributed by atoms with Crippen LogP contribution in [0.4, 0.5) is 5.69 Å². The van der Waals surface area contributed by atoms with E-state index in [1.807, 2.05) is 31.2 Å². The smallest absolute Gasteiger partial charge is 0.142 e. The zero-order valence-electron chi connectivity index (χ0n) is 11.1. The number of rotatable bonds is 4. The van der Waals surface area contributed by atoms with E-state index < -0.39 is 0 Å². The van der Waals surface area contributed by atoms with Gasteiger partial charge in [-0.05, 0) is 36.8 Å². The molecule has 0 aliphatic rings. The van der Waals surface area contributed by atoms with Gasteiger partial charge in [-0.25, -0.2) is 0 Å². The molecular weight excluding hydrogens is 317 g/mol. The molecule has 1 N–H and O–H groups in total.